The first kappa shape index (κ1) is 31.8. The minimum atomic E-state index is -5.33. The van der Waals surface area contributed by atoms with Crippen molar-refractivity contribution in [2.45, 2.75) is 63.9 Å². The zero-order chi connectivity index (χ0) is 34.2. The molecule has 4 bridgehead atoms. The van der Waals surface area contributed by atoms with Crippen LogP contribution in [0.2, 0.25) is 0 Å². The van der Waals surface area contributed by atoms with Gasteiger partial charge in [0.15, 0.2) is 16.9 Å². The fraction of sp³-hybridized carbons (Fsp3) is 0.514. The highest BCUT2D eigenvalue weighted by atomic mass is 19.4. The third-order valence-electron chi connectivity index (χ3n) is 11.3. The van der Waals surface area contributed by atoms with E-state index in [1.165, 1.54) is 23.8 Å². The van der Waals surface area contributed by atoms with Gasteiger partial charge in [-0.25, -0.2) is 9.59 Å². The number of imidazole rings is 1. The Morgan fingerprint density at radius 2 is 1.73 bits per heavy atom. The third kappa shape index (κ3) is 5.35. The van der Waals surface area contributed by atoms with Gasteiger partial charge in [0.05, 0.1) is 6.54 Å². The highest BCUT2D eigenvalue weighted by molar-refractivity contribution is 5.86. The van der Waals surface area contributed by atoms with Gasteiger partial charge in [-0.3, -0.25) is 23.3 Å². The molecule has 49 heavy (non-hydrogen) atoms. The number of hydrogen-bond acceptors (Lipinski definition) is 8. The Morgan fingerprint density at radius 3 is 2.39 bits per heavy atom. The van der Waals surface area contributed by atoms with Gasteiger partial charge in [0.25, 0.3) is 5.56 Å². The van der Waals surface area contributed by atoms with Gasteiger partial charge in [-0.05, 0) is 79.9 Å². The van der Waals surface area contributed by atoms with Crippen LogP contribution in [-0.4, -0.2) is 56.2 Å². The normalized spacial score (nSPS) is 26.7. The minimum absolute atomic E-state index is 0.0543. The highest BCUT2D eigenvalue weighted by Crippen LogP contribution is 2.60. The van der Waals surface area contributed by atoms with Crippen molar-refractivity contribution in [3.63, 3.8) is 0 Å². The molecule has 11 nitrogen and oxygen atoms in total. The Balaban J connectivity index is 1.29. The lowest BCUT2D eigenvalue weighted by Gasteiger charge is -2.56. The number of benzene rings is 1. The summed E-state index contributed by atoms with van der Waals surface area (Å²) in [5, 5.41) is 3.26. The molecule has 3 aromatic rings. The number of esters is 1. The number of carbonyl (C=O) groups is 2. The Bertz CT molecular complexity index is 2010. The average molecular weight is 679 g/mol. The fourth-order valence-corrected chi connectivity index (χ4v) is 9.45. The number of aryl methyl sites for hydroxylation is 1. The SMILES string of the molecule is Cn1c(=O)n(CC(=O)C23CC4CC(CC(C4)C2)C3)c(=O)c2c1nc(N1CCC3=C1CNC3)n2C(/C=C/c1ccccc1)OC(=O)C(F)(F)F. The third-order valence-corrected chi connectivity index (χ3v) is 11.3. The summed E-state index contributed by atoms with van der Waals surface area (Å²) in [7, 11) is 1.42. The number of ether oxygens (including phenoxy) is 1. The molecule has 4 fully saturated rings. The number of Topliss-reactive ketones (excluding diaryl/α,β-unsaturated/α-hetero) is 1. The van der Waals surface area contributed by atoms with Crippen molar-refractivity contribution in [1.82, 2.24) is 24.0 Å². The molecule has 1 unspecified atom stereocenters. The summed E-state index contributed by atoms with van der Waals surface area (Å²) < 4.78 is 49.5. The first-order valence-corrected chi connectivity index (χ1v) is 16.9. The van der Waals surface area contributed by atoms with E-state index in [1.54, 1.807) is 35.2 Å². The largest absolute Gasteiger partial charge is 0.491 e. The molecule has 0 amide bonds. The monoisotopic (exact) mass is 678 g/mol. The maximum Gasteiger partial charge on any atom is 0.491 e. The van der Waals surface area contributed by atoms with Crippen LogP contribution >= 0.6 is 0 Å². The molecular weight excluding hydrogens is 641 g/mol. The molecule has 2 aliphatic heterocycles. The van der Waals surface area contributed by atoms with E-state index in [0.717, 1.165) is 58.9 Å². The molecule has 14 heteroatoms. The quantitative estimate of drug-likeness (QED) is 0.355. The number of hydrogen-bond donors (Lipinski definition) is 1. The maximum absolute atomic E-state index is 14.5. The Kier molecular flexibility index (Phi) is 7.50. The number of aromatic nitrogens is 4. The molecule has 2 aromatic heterocycles. The molecule has 0 saturated heterocycles. The van der Waals surface area contributed by atoms with Crippen molar-refractivity contribution in [2.75, 3.05) is 24.5 Å². The van der Waals surface area contributed by atoms with E-state index in [4.69, 9.17) is 4.74 Å². The van der Waals surface area contributed by atoms with Gasteiger partial charge < -0.3 is 15.0 Å². The molecule has 4 aliphatic carbocycles. The molecule has 4 saturated carbocycles. The van der Waals surface area contributed by atoms with Crippen LogP contribution in [0.1, 0.15) is 56.7 Å². The number of nitrogens with one attached hydrogen (secondary N) is 1. The van der Waals surface area contributed by atoms with Crippen LogP contribution < -0.4 is 21.5 Å². The average Bonchev–Trinajstić information content (AvgIpc) is 3.79. The van der Waals surface area contributed by atoms with Crippen LogP contribution in [0.25, 0.3) is 17.2 Å². The second-order valence-electron chi connectivity index (χ2n) is 14.4. The lowest BCUT2D eigenvalue weighted by atomic mass is 9.48. The number of ketones is 1. The zero-order valence-electron chi connectivity index (χ0n) is 27.0. The lowest BCUT2D eigenvalue weighted by molar-refractivity contribution is -0.206. The summed E-state index contributed by atoms with van der Waals surface area (Å²) in [6.45, 7) is 1.06. The zero-order valence-corrected chi connectivity index (χ0v) is 27.0. The van der Waals surface area contributed by atoms with Crippen LogP contribution in [0.4, 0.5) is 19.1 Å². The summed E-state index contributed by atoms with van der Waals surface area (Å²) in [4.78, 5) is 61.4. The van der Waals surface area contributed by atoms with Gasteiger partial charge in [-0.2, -0.15) is 18.2 Å². The molecule has 0 radical (unpaired) electrons. The molecule has 4 heterocycles. The van der Waals surface area contributed by atoms with Crippen molar-refractivity contribution >= 4 is 34.9 Å². The summed E-state index contributed by atoms with van der Waals surface area (Å²) in [6.07, 6.45) is 1.87. The minimum Gasteiger partial charge on any atom is -0.431 e. The fourth-order valence-electron chi connectivity index (χ4n) is 9.45. The summed E-state index contributed by atoms with van der Waals surface area (Å²) >= 11 is 0. The molecule has 0 spiro atoms. The van der Waals surface area contributed by atoms with Gasteiger partial charge in [-0.15, -0.1) is 0 Å². The van der Waals surface area contributed by atoms with Crippen molar-refractivity contribution in [3.05, 3.63) is 74.1 Å². The number of anilines is 1. The van der Waals surface area contributed by atoms with Crippen molar-refractivity contribution in [1.29, 1.82) is 0 Å². The van der Waals surface area contributed by atoms with E-state index in [9.17, 15) is 32.3 Å². The van der Waals surface area contributed by atoms with Crippen LogP contribution in [0.3, 0.4) is 0 Å². The molecular formula is C35H37F3N6O5. The van der Waals surface area contributed by atoms with Crippen molar-refractivity contribution < 1.29 is 27.5 Å². The van der Waals surface area contributed by atoms with Gasteiger partial charge in [0.2, 0.25) is 12.2 Å². The second kappa shape index (κ2) is 11.6. The first-order chi connectivity index (χ1) is 23.4. The van der Waals surface area contributed by atoms with E-state index in [2.05, 4.69) is 10.3 Å². The Morgan fingerprint density at radius 1 is 1.06 bits per heavy atom. The number of halogens is 3. The van der Waals surface area contributed by atoms with Gasteiger partial charge in [-0.1, -0.05) is 36.4 Å². The lowest BCUT2D eigenvalue weighted by Crippen LogP contribution is -2.52. The van der Waals surface area contributed by atoms with Gasteiger partial charge in [0, 0.05) is 37.8 Å². The van der Waals surface area contributed by atoms with E-state index >= 15 is 0 Å². The highest BCUT2D eigenvalue weighted by Gasteiger charge is 2.54. The van der Waals surface area contributed by atoms with E-state index in [-0.39, 0.29) is 22.9 Å². The number of rotatable bonds is 8. The van der Waals surface area contributed by atoms with E-state index in [0.29, 0.717) is 49.4 Å². The predicted molar refractivity (Wildman–Crippen MR) is 173 cm³/mol. The molecule has 6 aliphatic rings. The van der Waals surface area contributed by atoms with E-state index < -0.39 is 41.6 Å². The summed E-state index contributed by atoms with van der Waals surface area (Å²) in [5.74, 6) is -1.16. The number of nitrogens with zero attached hydrogens (tertiary/aromatic N) is 5. The van der Waals surface area contributed by atoms with Gasteiger partial charge in [0.1, 0.15) is 0 Å². The smallest absolute Gasteiger partial charge is 0.431 e. The van der Waals surface area contributed by atoms with Crippen molar-refractivity contribution in [2.24, 2.45) is 30.2 Å². The molecule has 9 rings (SSSR count). The Labute approximate surface area is 279 Å². The number of fused-ring (bicyclic) bond motifs is 1. The number of carbonyl (C=O) groups excluding carboxylic acids is 2. The second-order valence-corrected chi connectivity index (χ2v) is 14.4. The predicted octanol–water partition coefficient (Wildman–Crippen LogP) is 4.07. The van der Waals surface area contributed by atoms with Crippen molar-refractivity contribution in [3.8, 4) is 0 Å². The van der Waals surface area contributed by atoms with Crippen LogP contribution in [0.15, 0.2) is 57.3 Å². The molecule has 1 aromatic carbocycles. The number of alkyl halides is 3. The maximum atomic E-state index is 14.5. The first-order valence-electron chi connectivity index (χ1n) is 16.9. The van der Waals surface area contributed by atoms with Crippen LogP contribution in [-0.2, 0) is 27.9 Å². The molecule has 258 valence electrons. The topological polar surface area (TPSA) is 120 Å². The summed E-state index contributed by atoms with van der Waals surface area (Å²) in [6, 6.07) is 8.72. The molecule has 1 N–H and O–H groups in total. The van der Waals surface area contributed by atoms with Crippen LogP contribution in [0, 0.1) is 23.2 Å². The Hall–Kier alpha value is -4.46. The summed E-state index contributed by atoms with van der Waals surface area (Å²) in [5.41, 5.74) is 0.00256. The molecule has 1 atom stereocenters. The standard InChI is InChI=1S/C35H37F3N6O5/c1-41-29-28(30(46)43(33(41)48)19-26(45)34-14-21-11-22(15-34)13-23(12-21)16-34)44(32(40-29)42-10-9-24-17-39-18-25(24)42)27(49-31(47)35(36,37)38)8-7-20-5-3-2-4-6-20/h2-8,21-23,27,39H,9-19H2,1H3/b8-7+. The van der Waals surface area contributed by atoms with Crippen LogP contribution in [0.5, 0.6) is 0 Å². The van der Waals surface area contributed by atoms with Gasteiger partial charge >= 0.3 is 17.8 Å². The van der Waals surface area contributed by atoms with E-state index in [1.807, 2.05) is 0 Å².